The molecule has 7 atom stereocenters. The highest BCUT2D eigenvalue weighted by Crippen LogP contribution is 2.68. The maximum atomic E-state index is 12.5. The van der Waals surface area contributed by atoms with Gasteiger partial charge >= 0.3 is 0 Å². The molecule has 0 spiro atoms. The lowest BCUT2D eigenvalue weighted by atomic mass is 9.47. The van der Waals surface area contributed by atoms with Crippen LogP contribution < -0.4 is 0 Å². The van der Waals surface area contributed by atoms with Crippen LogP contribution in [-0.2, 0) is 18.7 Å². The molecule has 0 bridgehead atoms. The topological polar surface area (TPSA) is 44.8 Å². The van der Waals surface area contributed by atoms with E-state index in [0.717, 1.165) is 18.6 Å². The first-order chi connectivity index (χ1) is 15.1. The van der Waals surface area contributed by atoms with Crippen LogP contribution in [0.25, 0.3) is 0 Å². The molecule has 0 aromatic heterocycles. The molecule has 1 aliphatic heterocycles. The standard InChI is InChI=1S/C28H46O4Si/c1-25(2,3)33(8,9)32-21-11-10-18-22-19(13-15-28(18,21)7)27(6)14-12-17(29)16-20(27)23-24(22)31-26(4,5)30-23/h18-19,21-22,24H,10-16H2,1-9H3/t18?,19?,21-,22?,24+,27+,28-/m0/s1. The molecule has 0 radical (unpaired) electrons. The number of ether oxygens (including phenoxy) is 2. The van der Waals surface area contributed by atoms with Crippen molar-refractivity contribution in [1.82, 2.24) is 0 Å². The fourth-order valence-electron chi connectivity index (χ4n) is 8.05. The van der Waals surface area contributed by atoms with Gasteiger partial charge in [0.1, 0.15) is 17.6 Å². The summed E-state index contributed by atoms with van der Waals surface area (Å²) in [6.07, 6.45) is 7.39. The molecular formula is C28H46O4Si. The van der Waals surface area contributed by atoms with Gasteiger partial charge in [0, 0.05) is 26.7 Å². The lowest BCUT2D eigenvalue weighted by Gasteiger charge is -2.59. The first-order valence-electron chi connectivity index (χ1n) is 13.4. The molecule has 4 aliphatic carbocycles. The van der Waals surface area contributed by atoms with Gasteiger partial charge in [-0.15, -0.1) is 0 Å². The van der Waals surface area contributed by atoms with Crippen molar-refractivity contribution in [2.75, 3.05) is 0 Å². The van der Waals surface area contributed by atoms with Gasteiger partial charge in [-0.3, -0.25) is 4.79 Å². The highest BCUT2D eigenvalue weighted by Gasteiger charge is 2.66. The summed E-state index contributed by atoms with van der Waals surface area (Å²) < 4.78 is 20.3. The summed E-state index contributed by atoms with van der Waals surface area (Å²) in [5.74, 6) is 2.37. The van der Waals surface area contributed by atoms with Gasteiger partial charge in [0.25, 0.3) is 0 Å². The molecule has 3 unspecified atom stereocenters. The van der Waals surface area contributed by atoms with E-state index in [1.54, 1.807) is 0 Å². The Bertz CT molecular complexity index is 883. The normalized spacial score (nSPS) is 44.6. The van der Waals surface area contributed by atoms with E-state index in [4.69, 9.17) is 13.9 Å². The molecule has 186 valence electrons. The summed E-state index contributed by atoms with van der Waals surface area (Å²) in [6, 6.07) is 0. The van der Waals surface area contributed by atoms with Crippen molar-refractivity contribution in [2.24, 2.45) is 28.6 Å². The number of carbonyl (C=O) groups is 1. The average molecular weight is 475 g/mol. The van der Waals surface area contributed by atoms with Gasteiger partial charge in [-0.2, -0.15) is 0 Å². The molecular weight excluding hydrogens is 428 g/mol. The van der Waals surface area contributed by atoms with Crippen LogP contribution in [0.1, 0.15) is 93.4 Å². The smallest absolute Gasteiger partial charge is 0.205 e. The minimum Gasteiger partial charge on any atom is -0.465 e. The lowest BCUT2D eigenvalue weighted by molar-refractivity contribution is -0.165. The van der Waals surface area contributed by atoms with Crippen molar-refractivity contribution in [3.05, 3.63) is 11.3 Å². The van der Waals surface area contributed by atoms with Gasteiger partial charge < -0.3 is 13.9 Å². The van der Waals surface area contributed by atoms with Crippen LogP contribution in [-0.4, -0.2) is 32.1 Å². The third-order valence-corrected chi connectivity index (χ3v) is 15.5. The van der Waals surface area contributed by atoms with Crippen molar-refractivity contribution in [1.29, 1.82) is 0 Å². The quantitative estimate of drug-likeness (QED) is 0.404. The Hall–Kier alpha value is -0.653. The SMILES string of the molecule is CC1(C)OC2=C3CC(=O)CC[C@]3(C)C3CC[C@@]4(C)C(CC[C@@H]4O[Si](C)(C)C(C)(C)C)C3[C@H]2O1. The fraction of sp³-hybridized carbons (Fsp3) is 0.893. The first-order valence-corrected chi connectivity index (χ1v) is 16.3. The van der Waals surface area contributed by atoms with Crippen LogP contribution in [0.5, 0.6) is 0 Å². The maximum Gasteiger partial charge on any atom is 0.205 e. The molecule has 4 nitrogen and oxygen atoms in total. The number of carbonyl (C=O) groups excluding carboxylic acids is 1. The predicted octanol–water partition coefficient (Wildman–Crippen LogP) is 7.00. The Morgan fingerprint density at radius 2 is 1.70 bits per heavy atom. The molecule has 0 N–H and O–H groups in total. The van der Waals surface area contributed by atoms with E-state index in [1.165, 1.54) is 24.8 Å². The summed E-state index contributed by atoms with van der Waals surface area (Å²) in [7, 11) is -1.84. The minimum atomic E-state index is -1.84. The number of hydrogen-bond acceptors (Lipinski definition) is 4. The van der Waals surface area contributed by atoms with Crippen LogP contribution >= 0.6 is 0 Å². The van der Waals surface area contributed by atoms with E-state index >= 15 is 0 Å². The first kappa shape index (κ1) is 24.1. The van der Waals surface area contributed by atoms with Crippen LogP contribution in [0.2, 0.25) is 18.1 Å². The Balaban J connectivity index is 1.53. The summed E-state index contributed by atoms with van der Waals surface area (Å²) in [6.45, 7) is 20.9. The Kier molecular flexibility index (Phi) is 5.24. The number of rotatable bonds is 2. The molecule has 5 heteroatoms. The molecule has 3 saturated carbocycles. The fourth-order valence-corrected chi connectivity index (χ4v) is 9.50. The van der Waals surface area contributed by atoms with Crippen LogP contribution in [0, 0.1) is 28.6 Å². The van der Waals surface area contributed by atoms with Crippen LogP contribution in [0.3, 0.4) is 0 Å². The zero-order chi connectivity index (χ0) is 24.2. The van der Waals surface area contributed by atoms with E-state index in [9.17, 15) is 4.79 Å². The zero-order valence-electron chi connectivity index (χ0n) is 22.5. The molecule has 33 heavy (non-hydrogen) atoms. The third-order valence-electron chi connectivity index (χ3n) is 11.0. The molecule has 4 fully saturated rings. The molecule has 0 amide bonds. The largest absolute Gasteiger partial charge is 0.465 e. The van der Waals surface area contributed by atoms with E-state index < -0.39 is 14.1 Å². The van der Waals surface area contributed by atoms with Crippen molar-refractivity contribution >= 4 is 14.1 Å². The Morgan fingerprint density at radius 3 is 2.36 bits per heavy atom. The second-order valence-corrected chi connectivity index (χ2v) is 19.1. The van der Waals surface area contributed by atoms with E-state index in [2.05, 4.69) is 47.7 Å². The van der Waals surface area contributed by atoms with Gasteiger partial charge in [-0.1, -0.05) is 34.6 Å². The number of allylic oxidation sites excluding steroid dienone is 1. The summed E-state index contributed by atoms with van der Waals surface area (Å²) in [4.78, 5) is 12.5. The highest BCUT2D eigenvalue weighted by atomic mass is 28.4. The second kappa shape index (κ2) is 7.19. The van der Waals surface area contributed by atoms with Crippen molar-refractivity contribution in [3.63, 3.8) is 0 Å². The third kappa shape index (κ3) is 3.46. The molecule has 5 aliphatic rings. The number of fused-ring (bicyclic) bond motifs is 7. The second-order valence-electron chi connectivity index (χ2n) is 14.3. The lowest BCUT2D eigenvalue weighted by Crippen LogP contribution is -2.57. The molecule has 5 rings (SSSR count). The highest BCUT2D eigenvalue weighted by molar-refractivity contribution is 6.74. The van der Waals surface area contributed by atoms with Crippen molar-refractivity contribution in [2.45, 2.75) is 130 Å². The number of ketones is 1. The van der Waals surface area contributed by atoms with E-state index in [1.807, 2.05) is 13.8 Å². The van der Waals surface area contributed by atoms with Gasteiger partial charge in [0.05, 0.1) is 6.10 Å². The van der Waals surface area contributed by atoms with E-state index in [-0.39, 0.29) is 22.0 Å². The molecule has 0 aromatic carbocycles. The summed E-state index contributed by atoms with van der Waals surface area (Å²) in [5, 5.41) is 0.225. The monoisotopic (exact) mass is 474 g/mol. The Labute approximate surface area is 202 Å². The maximum absolute atomic E-state index is 12.5. The van der Waals surface area contributed by atoms with Gasteiger partial charge in [0.2, 0.25) is 5.79 Å². The minimum absolute atomic E-state index is 0.00442. The predicted molar refractivity (Wildman–Crippen MR) is 133 cm³/mol. The van der Waals surface area contributed by atoms with Crippen molar-refractivity contribution < 1.29 is 18.7 Å². The summed E-state index contributed by atoms with van der Waals surface area (Å²) >= 11 is 0. The van der Waals surface area contributed by atoms with Gasteiger partial charge in [-0.25, -0.2) is 0 Å². The van der Waals surface area contributed by atoms with Crippen LogP contribution in [0.4, 0.5) is 0 Å². The van der Waals surface area contributed by atoms with Crippen molar-refractivity contribution in [3.8, 4) is 0 Å². The van der Waals surface area contributed by atoms with Crippen LogP contribution in [0.15, 0.2) is 11.3 Å². The molecule has 1 heterocycles. The number of Topliss-reactive ketones (excluding diaryl/α,β-unsaturated/α-hetero) is 1. The molecule has 1 saturated heterocycles. The number of hydrogen-bond donors (Lipinski definition) is 0. The molecule has 0 aromatic rings. The van der Waals surface area contributed by atoms with Gasteiger partial charge in [0.15, 0.2) is 8.32 Å². The zero-order valence-corrected chi connectivity index (χ0v) is 23.5. The Morgan fingerprint density at radius 1 is 1.00 bits per heavy atom. The van der Waals surface area contributed by atoms with E-state index in [0.29, 0.717) is 42.5 Å². The summed E-state index contributed by atoms with van der Waals surface area (Å²) in [5.41, 5.74) is 1.52. The van der Waals surface area contributed by atoms with Gasteiger partial charge in [-0.05, 0) is 84.4 Å². The average Bonchev–Trinajstić information content (AvgIpc) is 3.18.